The second-order valence-corrected chi connectivity index (χ2v) is 5.03. The van der Waals surface area contributed by atoms with E-state index < -0.39 is 0 Å². The monoisotopic (exact) mass is 295 g/mol. The summed E-state index contributed by atoms with van der Waals surface area (Å²) in [6, 6.07) is 15.1. The zero-order valence-electron chi connectivity index (χ0n) is 12.3. The van der Waals surface area contributed by atoms with Crippen LogP contribution in [0.5, 0.6) is 5.75 Å². The van der Waals surface area contributed by atoms with Crippen molar-refractivity contribution in [1.82, 2.24) is 4.90 Å². The average Bonchev–Trinajstić information content (AvgIpc) is 2.82. The summed E-state index contributed by atoms with van der Waals surface area (Å²) in [6.07, 6.45) is 1.96. The molecule has 2 aromatic rings. The molecule has 0 aromatic heterocycles. The fourth-order valence-corrected chi connectivity index (χ4v) is 2.63. The molecule has 3 rings (SSSR count). The SMILES string of the molecule is COc1ccc(/C=C2\c3ccccc3C(=O)N2CCO)cc1. The molecule has 0 unspecified atom stereocenters. The number of aliphatic hydroxyl groups excluding tert-OH is 1. The number of amides is 1. The van der Waals surface area contributed by atoms with Gasteiger partial charge in [0.15, 0.2) is 0 Å². The molecular formula is C18H17NO3. The van der Waals surface area contributed by atoms with E-state index in [2.05, 4.69) is 0 Å². The maximum absolute atomic E-state index is 12.4. The van der Waals surface area contributed by atoms with Gasteiger partial charge in [0, 0.05) is 17.7 Å². The van der Waals surface area contributed by atoms with E-state index in [1.165, 1.54) is 0 Å². The van der Waals surface area contributed by atoms with Gasteiger partial charge in [0.1, 0.15) is 5.75 Å². The van der Waals surface area contributed by atoms with E-state index >= 15 is 0 Å². The van der Waals surface area contributed by atoms with Crippen molar-refractivity contribution in [2.24, 2.45) is 0 Å². The molecule has 0 fully saturated rings. The number of rotatable bonds is 4. The van der Waals surface area contributed by atoms with Crippen LogP contribution in [0.25, 0.3) is 11.8 Å². The fourth-order valence-electron chi connectivity index (χ4n) is 2.63. The van der Waals surface area contributed by atoms with Gasteiger partial charge < -0.3 is 14.7 Å². The molecule has 1 aliphatic rings. The highest BCUT2D eigenvalue weighted by Crippen LogP contribution is 2.33. The Morgan fingerprint density at radius 2 is 1.77 bits per heavy atom. The van der Waals surface area contributed by atoms with E-state index in [-0.39, 0.29) is 19.1 Å². The van der Waals surface area contributed by atoms with Crippen molar-refractivity contribution in [3.8, 4) is 5.75 Å². The number of β-amino-alcohol motifs (C(OH)–C–C–N with tert-alkyl or cyclic N) is 1. The number of carbonyl (C=O) groups excluding carboxylic acids is 1. The summed E-state index contributed by atoms with van der Waals surface area (Å²) in [4.78, 5) is 14.1. The van der Waals surface area contributed by atoms with Gasteiger partial charge in [-0.15, -0.1) is 0 Å². The molecule has 0 saturated carbocycles. The molecule has 0 spiro atoms. The molecule has 1 amide bonds. The first-order valence-electron chi connectivity index (χ1n) is 7.12. The number of aliphatic hydroxyl groups is 1. The summed E-state index contributed by atoms with van der Waals surface area (Å²) in [5.74, 6) is 0.724. The van der Waals surface area contributed by atoms with Crippen molar-refractivity contribution < 1.29 is 14.6 Å². The summed E-state index contributed by atoms with van der Waals surface area (Å²) in [5.41, 5.74) is 3.37. The quantitative estimate of drug-likeness (QED) is 0.943. The van der Waals surface area contributed by atoms with Gasteiger partial charge in [-0.2, -0.15) is 0 Å². The predicted molar refractivity (Wildman–Crippen MR) is 85.4 cm³/mol. The van der Waals surface area contributed by atoms with Crippen LogP contribution in [0.1, 0.15) is 21.5 Å². The van der Waals surface area contributed by atoms with Crippen LogP contribution in [0.2, 0.25) is 0 Å². The minimum absolute atomic E-state index is 0.0654. The number of carbonyl (C=O) groups is 1. The van der Waals surface area contributed by atoms with Crippen molar-refractivity contribution in [2.45, 2.75) is 0 Å². The first-order chi connectivity index (χ1) is 10.7. The number of fused-ring (bicyclic) bond motifs is 1. The van der Waals surface area contributed by atoms with E-state index in [0.717, 1.165) is 22.6 Å². The molecule has 0 atom stereocenters. The van der Waals surface area contributed by atoms with Crippen LogP contribution in [-0.2, 0) is 0 Å². The average molecular weight is 295 g/mol. The highest BCUT2D eigenvalue weighted by molar-refractivity contribution is 6.11. The lowest BCUT2D eigenvalue weighted by molar-refractivity contribution is 0.0829. The predicted octanol–water partition coefficient (Wildman–Crippen LogP) is 2.64. The Kier molecular flexibility index (Phi) is 3.94. The van der Waals surface area contributed by atoms with Gasteiger partial charge in [0.2, 0.25) is 0 Å². The van der Waals surface area contributed by atoms with Gasteiger partial charge in [0.05, 0.1) is 19.4 Å². The minimum Gasteiger partial charge on any atom is -0.497 e. The Morgan fingerprint density at radius 1 is 1.09 bits per heavy atom. The van der Waals surface area contributed by atoms with Crippen molar-refractivity contribution in [3.05, 3.63) is 65.2 Å². The Labute approximate surface area is 129 Å². The lowest BCUT2D eigenvalue weighted by atomic mass is 10.1. The minimum atomic E-state index is -0.0698. The van der Waals surface area contributed by atoms with Crippen LogP contribution in [0.15, 0.2) is 48.5 Å². The van der Waals surface area contributed by atoms with Gasteiger partial charge in [-0.3, -0.25) is 4.79 Å². The van der Waals surface area contributed by atoms with Crippen LogP contribution >= 0.6 is 0 Å². The zero-order chi connectivity index (χ0) is 15.5. The number of hydrogen-bond donors (Lipinski definition) is 1. The first-order valence-corrected chi connectivity index (χ1v) is 7.12. The molecule has 1 N–H and O–H groups in total. The summed E-state index contributed by atoms with van der Waals surface area (Å²) in [7, 11) is 1.63. The topological polar surface area (TPSA) is 49.8 Å². The zero-order valence-corrected chi connectivity index (χ0v) is 12.3. The molecule has 2 aromatic carbocycles. The molecule has 0 saturated heterocycles. The molecular weight excluding hydrogens is 278 g/mol. The van der Waals surface area contributed by atoms with Gasteiger partial charge in [-0.1, -0.05) is 30.3 Å². The van der Waals surface area contributed by atoms with Crippen molar-refractivity contribution in [3.63, 3.8) is 0 Å². The number of hydrogen-bond acceptors (Lipinski definition) is 3. The lowest BCUT2D eigenvalue weighted by Gasteiger charge is -2.17. The van der Waals surface area contributed by atoms with E-state index in [1.54, 1.807) is 12.0 Å². The third kappa shape index (κ3) is 2.49. The lowest BCUT2D eigenvalue weighted by Crippen LogP contribution is -2.26. The van der Waals surface area contributed by atoms with Crippen molar-refractivity contribution in [1.29, 1.82) is 0 Å². The Balaban J connectivity index is 2.04. The molecule has 1 aliphatic heterocycles. The summed E-state index contributed by atoms with van der Waals surface area (Å²) < 4.78 is 5.15. The largest absolute Gasteiger partial charge is 0.497 e. The molecule has 1 heterocycles. The third-order valence-electron chi connectivity index (χ3n) is 3.71. The molecule has 4 heteroatoms. The van der Waals surface area contributed by atoms with Gasteiger partial charge in [-0.05, 0) is 29.8 Å². The number of methoxy groups -OCH3 is 1. The van der Waals surface area contributed by atoms with E-state index in [1.807, 2.05) is 54.6 Å². The van der Waals surface area contributed by atoms with Gasteiger partial charge in [-0.25, -0.2) is 0 Å². The molecule has 112 valence electrons. The van der Waals surface area contributed by atoms with Crippen LogP contribution in [0, 0.1) is 0 Å². The smallest absolute Gasteiger partial charge is 0.259 e. The van der Waals surface area contributed by atoms with E-state index in [9.17, 15) is 9.90 Å². The Morgan fingerprint density at radius 3 is 2.41 bits per heavy atom. The van der Waals surface area contributed by atoms with E-state index in [4.69, 9.17) is 4.74 Å². The Hall–Kier alpha value is -2.59. The second kappa shape index (κ2) is 6.03. The fraction of sp³-hybridized carbons (Fsp3) is 0.167. The van der Waals surface area contributed by atoms with Crippen LogP contribution in [0.3, 0.4) is 0 Å². The molecule has 22 heavy (non-hydrogen) atoms. The van der Waals surface area contributed by atoms with Crippen LogP contribution in [-0.4, -0.2) is 36.2 Å². The summed E-state index contributed by atoms with van der Waals surface area (Å²) in [6.45, 7) is 0.217. The third-order valence-corrected chi connectivity index (χ3v) is 3.71. The normalized spacial score (nSPS) is 15.3. The Bertz CT molecular complexity index is 719. The highest BCUT2D eigenvalue weighted by atomic mass is 16.5. The standard InChI is InChI=1S/C18H17NO3/c1-22-14-8-6-13(7-9-14)12-17-15-4-2-3-5-16(15)18(21)19(17)10-11-20/h2-9,12,20H,10-11H2,1H3/b17-12+. The van der Waals surface area contributed by atoms with Crippen LogP contribution in [0.4, 0.5) is 0 Å². The first kappa shape index (κ1) is 14.4. The summed E-state index contributed by atoms with van der Waals surface area (Å²) in [5, 5.41) is 9.24. The maximum Gasteiger partial charge on any atom is 0.259 e. The number of benzene rings is 2. The molecule has 0 bridgehead atoms. The second-order valence-electron chi connectivity index (χ2n) is 5.03. The molecule has 0 aliphatic carbocycles. The highest BCUT2D eigenvalue weighted by Gasteiger charge is 2.31. The summed E-state index contributed by atoms with van der Waals surface area (Å²) >= 11 is 0. The van der Waals surface area contributed by atoms with Crippen molar-refractivity contribution >= 4 is 17.7 Å². The number of ether oxygens (including phenoxy) is 1. The van der Waals surface area contributed by atoms with Gasteiger partial charge >= 0.3 is 0 Å². The van der Waals surface area contributed by atoms with E-state index in [0.29, 0.717) is 5.56 Å². The maximum atomic E-state index is 12.4. The molecule has 0 radical (unpaired) electrons. The molecule has 4 nitrogen and oxygen atoms in total. The van der Waals surface area contributed by atoms with Crippen LogP contribution < -0.4 is 4.74 Å². The number of nitrogens with zero attached hydrogens (tertiary/aromatic N) is 1. The van der Waals surface area contributed by atoms with Crippen molar-refractivity contribution in [2.75, 3.05) is 20.3 Å². The van der Waals surface area contributed by atoms with Gasteiger partial charge in [0.25, 0.3) is 5.91 Å².